The largest absolute Gasteiger partial charge is 0.744 e. The molecule has 0 atom stereocenters. The summed E-state index contributed by atoms with van der Waals surface area (Å²) in [5.41, 5.74) is 2.80. The average molecular weight is 538 g/mol. The van der Waals surface area contributed by atoms with Gasteiger partial charge in [0.25, 0.3) is 0 Å². The Morgan fingerprint density at radius 1 is 0.867 bits per heavy atom. The van der Waals surface area contributed by atoms with E-state index >= 15 is 0 Å². The molecule has 0 heterocycles. The highest BCUT2D eigenvalue weighted by Crippen LogP contribution is 2.14. The first-order chi connectivity index (χ1) is 14.2. The molecule has 3 aromatic rings. The summed E-state index contributed by atoms with van der Waals surface area (Å²) in [5.74, 6) is 1.25. The predicted octanol–water partition coefficient (Wildman–Crippen LogP) is 1.92. The highest BCUT2D eigenvalue weighted by Gasteiger charge is 2.14. The van der Waals surface area contributed by atoms with E-state index in [2.05, 4.69) is 69.3 Å². The number of methoxy groups -OCH3 is 1. The molecule has 0 aliphatic heterocycles. The van der Waals surface area contributed by atoms with E-state index in [4.69, 9.17) is 4.74 Å². The van der Waals surface area contributed by atoms with Gasteiger partial charge in [-0.1, -0.05) is 43.7 Å². The molecule has 0 aliphatic carbocycles. The maximum absolute atomic E-state index is 10.4. The van der Waals surface area contributed by atoms with Crippen molar-refractivity contribution in [2.45, 2.75) is 32.1 Å². The standard InChI is InChI=1S/C17H20I.C7H8O4S/c1-13(2)12-15-6-10-17(11-7-15)18-16-8-4-14(3)5-9-16;1-11-6-2-4-7(5-3-6)12(8,9)10/h4-11,13H,12H2,1-3H3;2-5H,1H3,(H,8,9,10)/q+1;/p-1. The van der Waals surface area contributed by atoms with Crippen molar-refractivity contribution in [2.24, 2.45) is 5.92 Å². The molecule has 0 spiro atoms. The summed E-state index contributed by atoms with van der Waals surface area (Å²) in [7, 11) is -2.87. The number of hydrogen-bond donors (Lipinski definition) is 0. The van der Waals surface area contributed by atoms with Crippen molar-refractivity contribution in [3.05, 3.63) is 91.1 Å². The van der Waals surface area contributed by atoms with Crippen LogP contribution in [-0.2, 0) is 16.5 Å². The van der Waals surface area contributed by atoms with Crippen LogP contribution in [0.4, 0.5) is 0 Å². The van der Waals surface area contributed by atoms with Crippen LogP contribution in [0.3, 0.4) is 0 Å². The lowest BCUT2D eigenvalue weighted by molar-refractivity contribution is -0.597. The number of halogens is 1. The summed E-state index contributed by atoms with van der Waals surface area (Å²) in [5, 5.41) is 0. The van der Waals surface area contributed by atoms with E-state index < -0.39 is 10.1 Å². The fourth-order valence-electron chi connectivity index (χ4n) is 2.62. The van der Waals surface area contributed by atoms with Crippen molar-refractivity contribution in [3.8, 4) is 5.75 Å². The molecular formula is C24H27IO4S. The maximum atomic E-state index is 10.4. The lowest BCUT2D eigenvalue weighted by atomic mass is 10.0. The summed E-state index contributed by atoms with van der Waals surface area (Å²) in [4.78, 5) is -0.247. The van der Waals surface area contributed by atoms with Gasteiger partial charge in [-0.25, -0.2) is 8.42 Å². The Morgan fingerprint density at radius 2 is 1.37 bits per heavy atom. The number of ether oxygens (including phenoxy) is 1. The fraction of sp³-hybridized carbons (Fsp3) is 0.250. The van der Waals surface area contributed by atoms with Crippen LogP contribution in [0.5, 0.6) is 5.75 Å². The zero-order chi connectivity index (χ0) is 22.1. The second kappa shape index (κ2) is 11.5. The minimum Gasteiger partial charge on any atom is -0.744 e. The van der Waals surface area contributed by atoms with Crippen molar-refractivity contribution < 1.29 is 38.9 Å². The van der Waals surface area contributed by atoms with Crippen LogP contribution < -0.4 is 25.9 Å². The van der Waals surface area contributed by atoms with Gasteiger partial charge in [0.1, 0.15) is 15.9 Å². The third-order valence-electron chi connectivity index (χ3n) is 4.13. The molecule has 0 fully saturated rings. The van der Waals surface area contributed by atoms with E-state index in [9.17, 15) is 13.0 Å². The van der Waals surface area contributed by atoms with Gasteiger partial charge >= 0.3 is 21.2 Å². The molecule has 30 heavy (non-hydrogen) atoms. The molecule has 0 N–H and O–H groups in total. The van der Waals surface area contributed by atoms with E-state index in [1.807, 2.05) is 0 Å². The summed E-state index contributed by atoms with van der Waals surface area (Å²) < 4.78 is 39.1. The summed E-state index contributed by atoms with van der Waals surface area (Å²) in [6.45, 7) is 6.68. The van der Waals surface area contributed by atoms with E-state index in [0.717, 1.165) is 5.92 Å². The fourth-order valence-corrected chi connectivity index (χ4v) is 5.25. The molecule has 0 radical (unpaired) electrons. The van der Waals surface area contributed by atoms with Crippen molar-refractivity contribution in [1.82, 2.24) is 0 Å². The number of aryl methyl sites for hydroxylation is 1. The minimum atomic E-state index is -4.33. The van der Waals surface area contributed by atoms with Gasteiger partial charge < -0.3 is 9.29 Å². The zero-order valence-corrected chi connectivity index (χ0v) is 20.6. The number of benzene rings is 3. The van der Waals surface area contributed by atoms with Crippen molar-refractivity contribution in [3.63, 3.8) is 0 Å². The van der Waals surface area contributed by atoms with E-state index in [0.29, 0.717) is 5.75 Å². The topological polar surface area (TPSA) is 66.4 Å². The lowest BCUT2D eigenvalue weighted by Gasteiger charge is -2.06. The minimum absolute atomic E-state index is 0.0179. The van der Waals surface area contributed by atoms with Crippen LogP contribution in [0.25, 0.3) is 0 Å². The molecule has 0 unspecified atom stereocenters. The normalized spacial score (nSPS) is 11.0. The Kier molecular flexibility index (Phi) is 9.33. The van der Waals surface area contributed by atoms with Crippen LogP contribution in [-0.4, -0.2) is 20.1 Å². The first-order valence-electron chi connectivity index (χ1n) is 9.58. The van der Waals surface area contributed by atoms with Gasteiger partial charge in [-0.05, 0) is 73.4 Å². The summed E-state index contributed by atoms with van der Waals surface area (Å²) in [6.07, 6.45) is 1.18. The average Bonchev–Trinajstić information content (AvgIpc) is 2.71. The first kappa shape index (κ1) is 24.4. The monoisotopic (exact) mass is 538 g/mol. The molecule has 0 saturated heterocycles. The summed E-state index contributed by atoms with van der Waals surface area (Å²) in [6, 6.07) is 23.4. The molecule has 0 aliphatic rings. The van der Waals surface area contributed by atoms with Crippen LogP contribution in [0.1, 0.15) is 25.0 Å². The van der Waals surface area contributed by atoms with Gasteiger partial charge in [-0.15, -0.1) is 0 Å². The Bertz CT molecular complexity index is 1010. The second-order valence-electron chi connectivity index (χ2n) is 7.24. The maximum Gasteiger partial charge on any atom is 0.357 e. The SMILES string of the molecule is COc1ccc(S(=O)(=O)[O-])cc1.Cc1ccc([I+]c2ccc(CC(C)C)cc2)cc1. The molecule has 160 valence electrons. The second-order valence-corrected chi connectivity index (χ2v) is 11.7. The zero-order valence-electron chi connectivity index (χ0n) is 17.6. The molecule has 0 amide bonds. The molecule has 4 nitrogen and oxygen atoms in total. The molecule has 0 saturated carbocycles. The van der Waals surface area contributed by atoms with Gasteiger partial charge in [0, 0.05) is 0 Å². The highest BCUT2D eigenvalue weighted by atomic mass is 127. The van der Waals surface area contributed by atoms with Crippen LogP contribution in [0.15, 0.2) is 77.7 Å². The van der Waals surface area contributed by atoms with Crippen LogP contribution >= 0.6 is 0 Å². The van der Waals surface area contributed by atoms with Gasteiger partial charge in [-0.2, -0.15) is 0 Å². The van der Waals surface area contributed by atoms with Crippen LogP contribution in [0, 0.1) is 20.0 Å². The van der Waals surface area contributed by atoms with E-state index in [1.165, 1.54) is 56.1 Å². The Labute approximate surface area is 190 Å². The highest BCUT2D eigenvalue weighted by molar-refractivity contribution is 7.85. The molecule has 0 aromatic heterocycles. The Balaban J connectivity index is 0.000000232. The molecule has 6 heteroatoms. The van der Waals surface area contributed by atoms with Crippen molar-refractivity contribution >= 4 is 10.1 Å². The molecule has 0 bridgehead atoms. The molecule has 3 rings (SSSR count). The van der Waals surface area contributed by atoms with Gasteiger partial charge in [0.15, 0.2) is 7.14 Å². The van der Waals surface area contributed by atoms with Crippen LogP contribution in [0.2, 0.25) is 0 Å². The lowest BCUT2D eigenvalue weighted by Crippen LogP contribution is -3.61. The smallest absolute Gasteiger partial charge is 0.357 e. The van der Waals surface area contributed by atoms with Gasteiger partial charge in [0.2, 0.25) is 0 Å². The summed E-state index contributed by atoms with van der Waals surface area (Å²) >= 11 is -0.0179. The molecular weight excluding hydrogens is 511 g/mol. The third kappa shape index (κ3) is 8.45. The van der Waals surface area contributed by atoms with Crippen molar-refractivity contribution in [1.29, 1.82) is 0 Å². The Morgan fingerprint density at radius 3 is 1.80 bits per heavy atom. The predicted molar refractivity (Wildman–Crippen MR) is 115 cm³/mol. The number of hydrogen-bond acceptors (Lipinski definition) is 4. The van der Waals surface area contributed by atoms with Gasteiger partial charge in [0.05, 0.1) is 12.0 Å². The third-order valence-corrected chi connectivity index (χ3v) is 7.67. The Hall–Kier alpha value is -1.90. The van der Waals surface area contributed by atoms with Crippen molar-refractivity contribution in [2.75, 3.05) is 7.11 Å². The number of rotatable bonds is 6. The van der Waals surface area contributed by atoms with E-state index in [-0.39, 0.29) is 26.1 Å². The first-order valence-corrected chi connectivity index (χ1v) is 13.1. The molecule has 3 aromatic carbocycles. The quantitative estimate of drug-likeness (QED) is 0.356. The van der Waals surface area contributed by atoms with Gasteiger partial charge in [-0.3, -0.25) is 0 Å². The van der Waals surface area contributed by atoms with E-state index in [1.54, 1.807) is 0 Å².